The van der Waals surface area contributed by atoms with Crippen LogP contribution in [0.3, 0.4) is 0 Å². The fraction of sp³-hybridized carbons (Fsp3) is 0.308. The second-order valence-electron chi connectivity index (χ2n) is 3.94. The lowest BCUT2D eigenvalue weighted by atomic mass is 10.0. The van der Waals surface area contributed by atoms with Crippen LogP contribution in [0.5, 0.6) is 5.75 Å². The van der Waals surface area contributed by atoms with E-state index in [1.54, 1.807) is 7.11 Å². The first-order valence-electron chi connectivity index (χ1n) is 5.55. The predicted molar refractivity (Wildman–Crippen MR) is 67.8 cm³/mol. The van der Waals surface area contributed by atoms with Gasteiger partial charge in [0.25, 0.3) is 0 Å². The molecule has 1 aromatic carbocycles. The van der Waals surface area contributed by atoms with Gasteiger partial charge in [0.2, 0.25) is 0 Å². The molecule has 2 aromatic rings. The molecular formula is C13H17N3O. The molecule has 0 radical (unpaired) electrons. The van der Waals surface area contributed by atoms with Gasteiger partial charge in [-0.3, -0.25) is 4.68 Å². The molecule has 0 bridgehead atoms. The molecule has 0 spiro atoms. The number of rotatable bonds is 3. The van der Waals surface area contributed by atoms with E-state index in [0.29, 0.717) is 6.54 Å². The number of methoxy groups -OCH3 is 1. The molecule has 17 heavy (non-hydrogen) atoms. The van der Waals surface area contributed by atoms with E-state index >= 15 is 0 Å². The van der Waals surface area contributed by atoms with E-state index in [9.17, 15) is 0 Å². The molecule has 4 nitrogen and oxygen atoms in total. The first kappa shape index (κ1) is 11.7. The van der Waals surface area contributed by atoms with E-state index in [2.05, 4.69) is 5.10 Å². The Labute approximate surface area is 101 Å². The van der Waals surface area contributed by atoms with Crippen molar-refractivity contribution in [2.75, 3.05) is 7.11 Å². The predicted octanol–water partition coefficient (Wildman–Crippen LogP) is 1.86. The summed E-state index contributed by atoms with van der Waals surface area (Å²) < 4.78 is 7.24. The zero-order valence-corrected chi connectivity index (χ0v) is 10.4. The molecule has 2 N–H and O–H groups in total. The lowest BCUT2D eigenvalue weighted by Gasteiger charge is -2.09. The van der Waals surface area contributed by atoms with Gasteiger partial charge < -0.3 is 10.5 Å². The lowest BCUT2D eigenvalue weighted by Crippen LogP contribution is -2.00. The summed E-state index contributed by atoms with van der Waals surface area (Å²) >= 11 is 0. The van der Waals surface area contributed by atoms with E-state index < -0.39 is 0 Å². The molecule has 0 aliphatic heterocycles. The summed E-state index contributed by atoms with van der Waals surface area (Å²) in [6, 6.07) is 7.92. The third-order valence-corrected chi connectivity index (χ3v) is 2.98. The largest absolute Gasteiger partial charge is 0.496 e. The van der Waals surface area contributed by atoms with Crippen molar-refractivity contribution in [3.8, 4) is 16.9 Å². The molecule has 0 saturated heterocycles. The summed E-state index contributed by atoms with van der Waals surface area (Å²) in [6.07, 6.45) is 0. The normalized spacial score (nSPS) is 10.6. The Balaban J connectivity index is 2.67. The maximum atomic E-state index is 5.75. The van der Waals surface area contributed by atoms with E-state index in [4.69, 9.17) is 10.5 Å². The minimum absolute atomic E-state index is 0.426. The van der Waals surface area contributed by atoms with Crippen molar-refractivity contribution in [2.24, 2.45) is 12.8 Å². The highest BCUT2D eigenvalue weighted by atomic mass is 16.5. The SMILES string of the molecule is COc1ccccc1-c1c(CN)nn(C)c1C. The van der Waals surface area contributed by atoms with Gasteiger partial charge in [0, 0.05) is 30.4 Å². The van der Waals surface area contributed by atoms with Crippen LogP contribution >= 0.6 is 0 Å². The molecule has 0 fully saturated rings. The average Bonchev–Trinajstić information content (AvgIpc) is 2.65. The highest BCUT2D eigenvalue weighted by Gasteiger charge is 2.16. The molecule has 0 unspecified atom stereocenters. The molecule has 4 heteroatoms. The summed E-state index contributed by atoms with van der Waals surface area (Å²) in [4.78, 5) is 0. The van der Waals surface area contributed by atoms with Crippen LogP contribution in [0.1, 0.15) is 11.4 Å². The summed E-state index contributed by atoms with van der Waals surface area (Å²) in [7, 11) is 3.60. The minimum Gasteiger partial charge on any atom is -0.496 e. The lowest BCUT2D eigenvalue weighted by molar-refractivity contribution is 0.416. The van der Waals surface area contributed by atoms with Crippen molar-refractivity contribution in [1.29, 1.82) is 0 Å². The van der Waals surface area contributed by atoms with Gasteiger partial charge in [-0.25, -0.2) is 0 Å². The van der Waals surface area contributed by atoms with Crippen molar-refractivity contribution in [3.63, 3.8) is 0 Å². The van der Waals surface area contributed by atoms with Gasteiger partial charge in [0.15, 0.2) is 0 Å². The monoisotopic (exact) mass is 231 g/mol. The number of nitrogens with two attached hydrogens (primary N) is 1. The third kappa shape index (κ3) is 1.91. The number of nitrogens with zero attached hydrogens (tertiary/aromatic N) is 2. The Hall–Kier alpha value is -1.81. The van der Waals surface area contributed by atoms with Crippen molar-refractivity contribution >= 4 is 0 Å². The van der Waals surface area contributed by atoms with E-state index in [0.717, 1.165) is 28.3 Å². The Morgan fingerprint density at radius 2 is 2.06 bits per heavy atom. The van der Waals surface area contributed by atoms with E-state index in [-0.39, 0.29) is 0 Å². The molecule has 0 aliphatic rings. The van der Waals surface area contributed by atoms with Crippen LogP contribution in [0, 0.1) is 6.92 Å². The van der Waals surface area contributed by atoms with Crippen molar-refractivity contribution < 1.29 is 4.74 Å². The molecule has 0 saturated carbocycles. The summed E-state index contributed by atoms with van der Waals surface area (Å²) in [5.41, 5.74) is 9.85. The molecule has 1 aromatic heterocycles. The van der Waals surface area contributed by atoms with Gasteiger partial charge in [-0.2, -0.15) is 5.10 Å². The number of para-hydroxylation sites is 1. The van der Waals surface area contributed by atoms with E-state index in [1.165, 1.54) is 0 Å². The number of aromatic nitrogens is 2. The first-order valence-corrected chi connectivity index (χ1v) is 5.55. The van der Waals surface area contributed by atoms with Crippen LogP contribution < -0.4 is 10.5 Å². The van der Waals surface area contributed by atoms with Crippen LogP contribution in [0.15, 0.2) is 24.3 Å². The fourth-order valence-electron chi connectivity index (χ4n) is 2.02. The Morgan fingerprint density at radius 1 is 1.35 bits per heavy atom. The number of benzene rings is 1. The topological polar surface area (TPSA) is 53.1 Å². The van der Waals surface area contributed by atoms with Crippen LogP contribution in [-0.4, -0.2) is 16.9 Å². The molecule has 90 valence electrons. The zero-order chi connectivity index (χ0) is 12.4. The average molecular weight is 231 g/mol. The Kier molecular flexibility index (Phi) is 3.15. The number of ether oxygens (including phenoxy) is 1. The van der Waals surface area contributed by atoms with E-state index in [1.807, 2.05) is 42.9 Å². The summed E-state index contributed by atoms with van der Waals surface area (Å²) in [6.45, 7) is 2.46. The maximum absolute atomic E-state index is 5.75. The third-order valence-electron chi connectivity index (χ3n) is 2.98. The van der Waals surface area contributed by atoms with Crippen LogP contribution in [0.4, 0.5) is 0 Å². The highest BCUT2D eigenvalue weighted by Crippen LogP contribution is 2.33. The molecule has 0 aliphatic carbocycles. The van der Waals surface area contributed by atoms with Gasteiger partial charge >= 0.3 is 0 Å². The van der Waals surface area contributed by atoms with Crippen molar-refractivity contribution in [2.45, 2.75) is 13.5 Å². The van der Waals surface area contributed by atoms with Crippen LogP contribution in [0.25, 0.3) is 11.1 Å². The van der Waals surface area contributed by atoms with Gasteiger partial charge in [-0.15, -0.1) is 0 Å². The first-order chi connectivity index (χ1) is 8.19. The highest BCUT2D eigenvalue weighted by molar-refractivity contribution is 5.74. The molecule has 0 amide bonds. The number of hydrogen-bond acceptors (Lipinski definition) is 3. The van der Waals surface area contributed by atoms with Gasteiger partial charge in [0.05, 0.1) is 12.8 Å². The maximum Gasteiger partial charge on any atom is 0.126 e. The fourth-order valence-corrected chi connectivity index (χ4v) is 2.02. The minimum atomic E-state index is 0.426. The Bertz CT molecular complexity index is 531. The smallest absolute Gasteiger partial charge is 0.126 e. The van der Waals surface area contributed by atoms with Crippen molar-refractivity contribution in [3.05, 3.63) is 35.7 Å². The second-order valence-corrected chi connectivity index (χ2v) is 3.94. The quantitative estimate of drug-likeness (QED) is 0.877. The van der Waals surface area contributed by atoms with Gasteiger partial charge in [-0.05, 0) is 13.0 Å². The molecule has 0 atom stereocenters. The van der Waals surface area contributed by atoms with Crippen LogP contribution in [-0.2, 0) is 13.6 Å². The Morgan fingerprint density at radius 3 is 2.71 bits per heavy atom. The zero-order valence-electron chi connectivity index (χ0n) is 10.4. The summed E-state index contributed by atoms with van der Waals surface area (Å²) in [5, 5.41) is 4.42. The number of hydrogen-bond donors (Lipinski definition) is 1. The van der Waals surface area contributed by atoms with Gasteiger partial charge in [-0.1, -0.05) is 18.2 Å². The number of aryl methyl sites for hydroxylation is 1. The summed E-state index contributed by atoms with van der Waals surface area (Å²) in [5.74, 6) is 0.846. The van der Waals surface area contributed by atoms with Crippen LogP contribution in [0.2, 0.25) is 0 Å². The molecular weight excluding hydrogens is 214 g/mol. The van der Waals surface area contributed by atoms with Gasteiger partial charge in [0.1, 0.15) is 5.75 Å². The molecule has 2 rings (SSSR count). The van der Waals surface area contributed by atoms with Crippen molar-refractivity contribution in [1.82, 2.24) is 9.78 Å². The second kappa shape index (κ2) is 4.59. The molecule has 1 heterocycles. The standard InChI is InChI=1S/C13H17N3O/c1-9-13(11(8-14)15-16(9)2)10-6-4-5-7-12(10)17-3/h4-7H,8,14H2,1-3H3.